The standard InChI is InChI=1S/C13H12O/c1-2-13(14)11-7-6-10-12-8-4-3-5-9-12/h1,3-5,7-9,11H,6,10H2/b11-7+. The molecule has 1 aromatic rings. The van der Waals surface area contributed by atoms with Crippen molar-refractivity contribution in [1.29, 1.82) is 0 Å². The summed E-state index contributed by atoms with van der Waals surface area (Å²) >= 11 is 0. The third-order valence-corrected chi connectivity index (χ3v) is 1.85. The molecule has 1 rings (SSSR count). The van der Waals surface area contributed by atoms with Crippen molar-refractivity contribution in [3.05, 3.63) is 48.0 Å². The molecule has 0 saturated heterocycles. The quantitative estimate of drug-likeness (QED) is 0.399. The van der Waals surface area contributed by atoms with Gasteiger partial charge in [-0.3, -0.25) is 4.79 Å². The predicted octanol–water partition coefficient (Wildman–Crippen LogP) is 2.38. The van der Waals surface area contributed by atoms with Crippen LogP contribution in [0.5, 0.6) is 0 Å². The topological polar surface area (TPSA) is 17.1 Å². The maximum absolute atomic E-state index is 10.7. The highest BCUT2D eigenvalue weighted by Crippen LogP contribution is 2.02. The summed E-state index contributed by atoms with van der Waals surface area (Å²) in [6, 6.07) is 10.1. The van der Waals surface area contributed by atoms with Gasteiger partial charge in [-0.05, 0) is 30.4 Å². The molecule has 0 aliphatic rings. The largest absolute Gasteiger partial charge is 0.280 e. The van der Waals surface area contributed by atoms with Gasteiger partial charge in [0.15, 0.2) is 0 Å². The van der Waals surface area contributed by atoms with E-state index in [1.54, 1.807) is 0 Å². The number of allylic oxidation sites excluding steroid dienone is 2. The van der Waals surface area contributed by atoms with Gasteiger partial charge in [-0.1, -0.05) is 36.4 Å². The van der Waals surface area contributed by atoms with E-state index in [1.165, 1.54) is 11.6 Å². The molecule has 0 amide bonds. The Labute approximate surface area is 84.5 Å². The fraction of sp³-hybridized carbons (Fsp3) is 0.154. The highest BCUT2D eigenvalue weighted by Gasteiger charge is 1.89. The van der Waals surface area contributed by atoms with Gasteiger partial charge >= 0.3 is 0 Å². The first-order valence-electron chi connectivity index (χ1n) is 4.54. The van der Waals surface area contributed by atoms with Crippen LogP contribution in [-0.4, -0.2) is 5.78 Å². The molecule has 0 N–H and O–H groups in total. The number of carbonyl (C=O) groups is 1. The maximum atomic E-state index is 10.7. The molecule has 1 nitrogen and oxygen atoms in total. The number of rotatable bonds is 4. The van der Waals surface area contributed by atoms with Gasteiger partial charge in [0.25, 0.3) is 0 Å². The predicted molar refractivity (Wildman–Crippen MR) is 57.7 cm³/mol. The monoisotopic (exact) mass is 184 g/mol. The minimum atomic E-state index is -0.266. The van der Waals surface area contributed by atoms with Crippen molar-refractivity contribution in [3.63, 3.8) is 0 Å². The Morgan fingerprint density at radius 2 is 2.07 bits per heavy atom. The van der Waals surface area contributed by atoms with Crippen LogP contribution in [-0.2, 0) is 11.2 Å². The van der Waals surface area contributed by atoms with Gasteiger partial charge in [0.05, 0.1) is 0 Å². The number of hydrogen-bond donors (Lipinski definition) is 0. The molecule has 0 fully saturated rings. The zero-order valence-electron chi connectivity index (χ0n) is 7.94. The fourth-order valence-corrected chi connectivity index (χ4v) is 1.13. The van der Waals surface area contributed by atoms with Gasteiger partial charge in [-0.25, -0.2) is 0 Å². The number of terminal acetylenes is 1. The summed E-state index contributed by atoms with van der Waals surface area (Å²) in [5.74, 6) is 1.77. The Kier molecular flexibility index (Phi) is 4.23. The summed E-state index contributed by atoms with van der Waals surface area (Å²) in [7, 11) is 0. The molecule has 0 saturated carbocycles. The van der Waals surface area contributed by atoms with Crippen LogP contribution < -0.4 is 0 Å². The Morgan fingerprint density at radius 3 is 2.71 bits per heavy atom. The smallest absolute Gasteiger partial charge is 0.228 e. The molecule has 0 aliphatic carbocycles. The third kappa shape index (κ3) is 3.73. The van der Waals surface area contributed by atoms with E-state index in [9.17, 15) is 4.79 Å². The SMILES string of the molecule is C#CC(=O)/C=C/CCc1ccccc1. The molecule has 14 heavy (non-hydrogen) atoms. The van der Waals surface area contributed by atoms with Crippen LogP contribution in [0.4, 0.5) is 0 Å². The first-order valence-corrected chi connectivity index (χ1v) is 4.54. The van der Waals surface area contributed by atoms with E-state index in [1.807, 2.05) is 30.2 Å². The normalized spacial score (nSPS) is 9.93. The second-order valence-corrected chi connectivity index (χ2v) is 2.94. The molecule has 0 spiro atoms. The molecule has 0 aliphatic heterocycles. The Balaban J connectivity index is 2.33. The average Bonchev–Trinajstić information content (AvgIpc) is 2.25. The van der Waals surface area contributed by atoms with E-state index in [2.05, 4.69) is 12.1 Å². The lowest BCUT2D eigenvalue weighted by Gasteiger charge is -1.95. The molecule has 70 valence electrons. The molecular formula is C13H12O. The van der Waals surface area contributed by atoms with E-state index in [4.69, 9.17) is 6.42 Å². The molecule has 1 aromatic carbocycles. The van der Waals surface area contributed by atoms with E-state index >= 15 is 0 Å². The Bertz CT molecular complexity index is 355. The number of ketones is 1. The summed E-state index contributed by atoms with van der Waals surface area (Å²) in [5.41, 5.74) is 1.27. The average molecular weight is 184 g/mol. The summed E-state index contributed by atoms with van der Waals surface area (Å²) in [6.45, 7) is 0. The van der Waals surface area contributed by atoms with Gasteiger partial charge in [0, 0.05) is 0 Å². The van der Waals surface area contributed by atoms with Crippen molar-refractivity contribution in [2.75, 3.05) is 0 Å². The number of hydrogen-bond acceptors (Lipinski definition) is 1. The van der Waals surface area contributed by atoms with Crippen LogP contribution in [0, 0.1) is 12.3 Å². The highest BCUT2D eigenvalue weighted by molar-refractivity contribution is 6.03. The lowest BCUT2D eigenvalue weighted by atomic mass is 10.1. The minimum absolute atomic E-state index is 0.266. The Morgan fingerprint density at radius 1 is 1.36 bits per heavy atom. The highest BCUT2D eigenvalue weighted by atomic mass is 16.1. The molecule has 0 heterocycles. The van der Waals surface area contributed by atoms with Crippen LogP contribution in [0.3, 0.4) is 0 Å². The van der Waals surface area contributed by atoms with Crippen molar-refractivity contribution < 1.29 is 4.79 Å². The van der Waals surface area contributed by atoms with Crippen molar-refractivity contribution >= 4 is 5.78 Å². The summed E-state index contributed by atoms with van der Waals surface area (Å²) in [6.07, 6.45) is 9.96. The summed E-state index contributed by atoms with van der Waals surface area (Å²) in [4.78, 5) is 10.7. The first kappa shape index (κ1) is 10.3. The van der Waals surface area contributed by atoms with Crippen LogP contribution in [0.2, 0.25) is 0 Å². The van der Waals surface area contributed by atoms with Gasteiger partial charge < -0.3 is 0 Å². The summed E-state index contributed by atoms with van der Waals surface area (Å²) < 4.78 is 0. The zero-order chi connectivity index (χ0) is 10.2. The molecule has 0 aromatic heterocycles. The van der Waals surface area contributed by atoms with Crippen LogP contribution >= 0.6 is 0 Å². The fourth-order valence-electron chi connectivity index (χ4n) is 1.13. The molecule has 0 radical (unpaired) electrons. The number of benzene rings is 1. The van der Waals surface area contributed by atoms with E-state index < -0.39 is 0 Å². The van der Waals surface area contributed by atoms with Crippen molar-refractivity contribution in [2.45, 2.75) is 12.8 Å². The van der Waals surface area contributed by atoms with E-state index in [0.29, 0.717) is 0 Å². The lowest BCUT2D eigenvalue weighted by Crippen LogP contribution is -1.85. The van der Waals surface area contributed by atoms with Crippen LogP contribution in [0.15, 0.2) is 42.5 Å². The third-order valence-electron chi connectivity index (χ3n) is 1.85. The molecular weight excluding hydrogens is 172 g/mol. The van der Waals surface area contributed by atoms with E-state index in [-0.39, 0.29) is 5.78 Å². The minimum Gasteiger partial charge on any atom is -0.280 e. The van der Waals surface area contributed by atoms with E-state index in [0.717, 1.165) is 12.8 Å². The summed E-state index contributed by atoms with van der Waals surface area (Å²) in [5, 5.41) is 0. The second-order valence-electron chi connectivity index (χ2n) is 2.94. The lowest BCUT2D eigenvalue weighted by molar-refractivity contribution is -0.109. The van der Waals surface area contributed by atoms with Crippen LogP contribution in [0.25, 0.3) is 0 Å². The number of carbonyl (C=O) groups excluding carboxylic acids is 1. The Hall–Kier alpha value is -1.81. The van der Waals surface area contributed by atoms with Gasteiger partial charge in [-0.2, -0.15) is 0 Å². The first-order chi connectivity index (χ1) is 6.83. The molecule has 0 bridgehead atoms. The van der Waals surface area contributed by atoms with Crippen molar-refractivity contribution in [1.82, 2.24) is 0 Å². The second kappa shape index (κ2) is 5.77. The molecule has 0 atom stereocenters. The van der Waals surface area contributed by atoms with Gasteiger partial charge in [0.2, 0.25) is 5.78 Å². The van der Waals surface area contributed by atoms with Crippen LogP contribution in [0.1, 0.15) is 12.0 Å². The molecule has 1 heteroatoms. The van der Waals surface area contributed by atoms with Gasteiger partial charge in [-0.15, -0.1) is 6.42 Å². The van der Waals surface area contributed by atoms with Crippen molar-refractivity contribution in [3.8, 4) is 12.3 Å². The van der Waals surface area contributed by atoms with Crippen molar-refractivity contribution in [2.24, 2.45) is 0 Å². The molecule has 0 unspecified atom stereocenters. The zero-order valence-corrected chi connectivity index (χ0v) is 7.94. The number of aryl methyl sites for hydroxylation is 1. The maximum Gasteiger partial charge on any atom is 0.228 e. The van der Waals surface area contributed by atoms with Gasteiger partial charge in [0.1, 0.15) is 0 Å².